The number of carbonyl (C=O) groups is 2. The van der Waals surface area contributed by atoms with Crippen LogP contribution >= 0.6 is 0 Å². The van der Waals surface area contributed by atoms with Gasteiger partial charge in [-0.25, -0.2) is 4.79 Å². The maximum absolute atomic E-state index is 12.1. The van der Waals surface area contributed by atoms with Gasteiger partial charge in [-0.15, -0.1) is 0 Å². The molecule has 0 unspecified atom stereocenters. The lowest BCUT2D eigenvalue weighted by molar-refractivity contribution is -0.384. The molecule has 0 saturated heterocycles. The largest absolute Gasteiger partial charge is 0.508 e. The minimum absolute atomic E-state index is 0.0695. The SMILES string of the molecule is O=C(O)c1cc([N+](=O)[O-])ccc1C(=O)Nc1cccc(O)c1. The average Bonchev–Trinajstić information content (AvgIpc) is 2.46. The van der Waals surface area contributed by atoms with E-state index in [-0.39, 0.29) is 17.0 Å². The zero-order valence-corrected chi connectivity index (χ0v) is 11.0. The summed E-state index contributed by atoms with van der Waals surface area (Å²) < 4.78 is 0. The molecule has 0 bridgehead atoms. The molecule has 8 nitrogen and oxygen atoms in total. The van der Waals surface area contributed by atoms with Crippen molar-refractivity contribution >= 4 is 23.3 Å². The van der Waals surface area contributed by atoms with Crippen LogP contribution in [-0.4, -0.2) is 27.0 Å². The number of phenols is 1. The van der Waals surface area contributed by atoms with Crippen LogP contribution in [0.1, 0.15) is 20.7 Å². The molecule has 22 heavy (non-hydrogen) atoms. The molecule has 0 aromatic heterocycles. The van der Waals surface area contributed by atoms with Crippen LogP contribution in [0.25, 0.3) is 0 Å². The van der Waals surface area contributed by atoms with Crippen LogP contribution in [-0.2, 0) is 0 Å². The Balaban J connectivity index is 2.36. The summed E-state index contributed by atoms with van der Waals surface area (Å²) in [7, 11) is 0. The maximum atomic E-state index is 12.1. The van der Waals surface area contributed by atoms with Crippen LogP contribution in [0.4, 0.5) is 11.4 Å². The summed E-state index contributed by atoms with van der Waals surface area (Å²) in [6.07, 6.45) is 0. The Hall–Kier alpha value is -3.42. The average molecular weight is 302 g/mol. The number of carboxylic acid groups (broad SMARTS) is 1. The van der Waals surface area contributed by atoms with E-state index >= 15 is 0 Å². The number of non-ortho nitro benzene ring substituents is 1. The molecule has 2 aromatic rings. The van der Waals surface area contributed by atoms with Crippen molar-refractivity contribution in [2.75, 3.05) is 5.32 Å². The van der Waals surface area contributed by atoms with E-state index in [1.807, 2.05) is 0 Å². The summed E-state index contributed by atoms with van der Waals surface area (Å²) in [6.45, 7) is 0. The van der Waals surface area contributed by atoms with Gasteiger partial charge in [0.1, 0.15) is 5.75 Å². The first kappa shape index (κ1) is 15.0. The predicted octanol–water partition coefficient (Wildman–Crippen LogP) is 2.25. The predicted molar refractivity (Wildman–Crippen MR) is 76.1 cm³/mol. The number of carbonyl (C=O) groups excluding carboxylic acids is 1. The van der Waals surface area contributed by atoms with Gasteiger partial charge < -0.3 is 15.5 Å². The first-order valence-corrected chi connectivity index (χ1v) is 6.00. The second-order valence-corrected chi connectivity index (χ2v) is 4.30. The topological polar surface area (TPSA) is 130 Å². The van der Waals surface area contributed by atoms with E-state index in [2.05, 4.69) is 5.32 Å². The number of benzene rings is 2. The Kier molecular flexibility index (Phi) is 4.03. The molecule has 0 aliphatic carbocycles. The number of hydrogen-bond acceptors (Lipinski definition) is 5. The highest BCUT2D eigenvalue weighted by molar-refractivity contribution is 6.11. The zero-order valence-electron chi connectivity index (χ0n) is 11.0. The number of phenolic OH excluding ortho intramolecular Hbond substituents is 1. The van der Waals surface area contributed by atoms with Crippen LogP contribution in [0, 0.1) is 10.1 Å². The van der Waals surface area contributed by atoms with Crippen molar-refractivity contribution in [1.82, 2.24) is 0 Å². The van der Waals surface area contributed by atoms with Gasteiger partial charge in [-0.1, -0.05) is 6.07 Å². The van der Waals surface area contributed by atoms with Gasteiger partial charge >= 0.3 is 5.97 Å². The van der Waals surface area contributed by atoms with Gasteiger partial charge in [-0.3, -0.25) is 14.9 Å². The zero-order chi connectivity index (χ0) is 16.3. The second kappa shape index (κ2) is 5.92. The van der Waals surface area contributed by atoms with Crippen LogP contribution in [0.3, 0.4) is 0 Å². The molecular weight excluding hydrogens is 292 g/mol. The number of rotatable bonds is 4. The number of nitro benzene ring substituents is 1. The second-order valence-electron chi connectivity index (χ2n) is 4.30. The fourth-order valence-electron chi connectivity index (χ4n) is 1.80. The summed E-state index contributed by atoms with van der Waals surface area (Å²) in [5.41, 5.74) is -0.862. The Labute approximate surface area is 123 Å². The molecule has 0 spiro atoms. The molecule has 8 heteroatoms. The third-order valence-electron chi connectivity index (χ3n) is 2.79. The minimum Gasteiger partial charge on any atom is -0.508 e. The van der Waals surface area contributed by atoms with Gasteiger partial charge in [0.2, 0.25) is 0 Å². The number of nitro groups is 1. The molecule has 0 fully saturated rings. The first-order chi connectivity index (χ1) is 10.4. The van der Waals surface area contributed by atoms with Gasteiger partial charge in [-0.2, -0.15) is 0 Å². The van der Waals surface area contributed by atoms with Crippen molar-refractivity contribution in [1.29, 1.82) is 0 Å². The van der Waals surface area contributed by atoms with E-state index in [9.17, 15) is 24.8 Å². The highest BCUT2D eigenvalue weighted by Crippen LogP contribution is 2.21. The van der Waals surface area contributed by atoms with E-state index in [0.29, 0.717) is 0 Å². The number of aromatic hydroxyl groups is 1. The normalized spacial score (nSPS) is 10.0. The number of amides is 1. The third-order valence-corrected chi connectivity index (χ3v) is 2.79. The summed E-state index contributed by atoms with van der Waals surface area (Å²) in [6, 6.07) is 8.62. The quantitative estimate of drug-likeness (QED) is 0.586. The fraction of sp³-hybridized carbons (Fsp3) is 0. The molecule has 0 aliphatic heterocycles. The fourth-order valence-corrected chi connectivity index (χ4v) is 1.80. The van der Waals surface area contributed by atoms with Crippen molar-refractivity contribution < 1.29 is 24.7 Å². The van der Waals surface area contributed by atoms with Crippen molar-refractivity contribution in [2.45, 2.75) is 0 Å². The van der Waals surface area contributed by atoms with Crippen molar-refractivity contribution in [2.24, 2.45) is 0 Å². The van der Waals surface area contributed by atoms with Gasteiger partial charge in [-0.05, 0) is 18.2 Å². The van der Waals surface area contributed by atoms with E-state index in [1.54, 1.807) is 0 Å². The van der Waals surface area contributed by atoms with Crippen LogP contribution in [0.2, 0.25) is 0 Å². The molecule has 2 aromatic carbocycles. The highest BCUT2D eigenvalue weighted by atomic mass is 16.6. The number of nitrogens with one attached hydrogen (secondary N) is 1. The smallest absolute Gasteiger partial charge is 0.336 e. The van der Waals surface area contributed by atoms with Crippen molar-refractivity contribution in [3.05, 3.63) is 63.7 Å². The molecule has 1 amide bonds. The van der Waals surface area contributed by atoms with E-state index < -0.39 is 28.1 Å². The molecule has 0 radical (unpaired) electrons. The van der Waals surface area contributed by atoms with Gasteiger partial charge in [0.15, 0.2) is 0 Å². The first-order valence-electron chi connectivity index (χ1n) is 6.00. The lowest BCUT2D eigenvalue weighted by atomic mass is 10.1. The summed E-state index contributed by atoms with van der Waals surface area (Å²) >= 11 is 0. The Bertz CT molecular complexity index is 772. The van der Waals surface area contributed by atoms with E-state index in [0.717, 1.165) is 18.2 Å². The molecule has 0 saturated carbocycles. The molecule has 0 aliphatic rings. The van der Waals surface area contributed by atoms with Gasteiger partial charge in [0, 0.05) is 23.9 Å². The molecule has 2 rings (SSSR count). The molecule has 0 atom stereocenters. The minimum atomic E-state index is -1.45. The molecule has 112 valence electrons. The summed E-state index contributed by atoms with van der Waals surface area (Å²) in [4.78, 5) is 33.2. The Morgan fingerprint density at radius 3 is 2.41 bits per heavy atom. The summed E-state index contributed by atoms with van der Waals surface area (Å²) in [5.74, 6) is -2.28. The molecule has 0 heterocycles. The Morgan fingerprint density at radius 2 is 1.82 bits per heavy atom. The van der Waals surface area contributed by atoms with E-state index in [4.69, 9.17) is 5.11 Å². The standard InChI is InChI=1S/C14H10N2O6/c17-10-3-1-2-8(6-10)15-13(18)11-5-4-9(16(21)22)7-12(11)14(19)20/h1-7,17H,(H,15,18)(H,19,20). The van der Waals surface area contributed by atoms with E-state index in [1.165, 1.54) is 24.3 Å². The lowest BCUT2D eigenvalue weighted by Gasteiger charge is -2.08. The van der Waals surface area contributed by atoms with Crippen LogP contribution in [0.5, 0.6) is 5.75 Å². The molecule has 3 N–H and O–H groups in total. The van der Waals surface area contributed by atoms with Crippen LogP contribution in [0.15, 0.2) is 42.5 Å². The third kappa shape index (κ3) is 3.18. The number of aromatic carboxylic acids is 1. The van der Waals surface area contributed by atoms with Gasteiger partial charge in [0.05, 0.1) is 16.1 Å². The van der Waals surface area contributed by atoms with Crippen LogP contribution < -0.4 is 5.32 Å². The number of hydrogen-bond donors (Lipinski definition) is 3. The monoisotopic (exact) mass is 302 g/mol. The maximum Gasteiger partial charge on any atom is 0.336 e. The highest BCUT2D eigenvalue weighted by Gasteiger charge is 2.20. The number of nitrogens with zero attached hydrogens (tertiary/aromatic N) is 1. The Morgan fingerprint density at radius 1 is 1.09 bits per heavy atom. The number of carboxylic acids is 1. The van der Waals surface area contributed by atoms with Crippen molar-refractivity contribution in [3.8, 4) is 5.75 Å². The van der Waals surface area contributed by atoms with Gasteiger partial charge in [0.25, 0.3) is 11.6 Å². The lowest BCUT2D eigenvalue weighted by Crippen LogP contribution is -2.16. The number of anilines is 1. The summed E-state index contributed by atoms with van der Waals surface area (Å²) in [5, 5.41) is 31.5. The molecular formula is C14H10N2O6. The van der Waals surface area contributed by atoms with Crippen molar-refractivity contribution in [3.63, 3.8) is 0 Å².